The summed E-state index contributed by atoms with van der Waals surface area (Å²) in [6, 6.07) is 7.45. The summed E-state index contributed by atoms with van der Waals surface area (Å²) in [5.41, 5.74) is 0. The number of primary sulfonamides is 1. The molecule has 8 heteroatoms. The maximum atomic E-state index is 10.8. The van der Waals surface area contributed by atoms with Crippen LogP contribution in [-0.2, 0) is 10.0 Å². The average molecular weight is 301 g/mol. The van der Waals surface area contributed by atoms with Gasteiger partial charge in [-0.25, -0.2) is 13.6 Å². The number of fused-ring (bicyclic) bond motifs is 1. The molecule has 1 aromatic carbocycles. The SMILES string of the molecule is NS(=O)(=O)CCCNc1nnc(Cl)c2ccccc12. The first-order chi connectivity index (χ1) is 8.97. The van der Waals surface area contributed by atoms with Gasteiger partial charge < -0.3 is 5.32 Å². The van der Waals surface area contributed by atoms with E-state index >= 15 is 0 Å². The van der Waals surface area contributed by atoms with Crippen molar-refractivity contribution in [3.8, 4) is 0 Å². The number of aromatic nitrogens is 2. The highest BCUT2D eigenvalue weighted by Crippen LogP contribution is 2.25. The molecule has 0 aliphatic carbocycles. The van der Waals surface area contributed by atoms with Crippen molar-refractivity contribution < 1.29 is 8.42 Å². The average Bonchev–Trinajstić information content (AvgIpc) is 2.36. The van der Waals surface area contributed by atoms with Crippen LogP contribution in [-0.4, -0.2) is 30.9 Å². The maximum absolute atomic E-state index is 10.8. The fourth-order valence-corrected chi connectivity index (χ4v) is 2.43. The lowest BCUT2D eigenvalue weighted by Gasteiger charge is -2.08. The van der Waals surface area contributed by atoms with Gasteiger partial charge in [0.1, 0.15) is 0 Å². The highest BCUT2D eigenvalue weighted by Gasteiger charge is 2.07. The molecule has 0 atom stereocenters. The van der Waals surface area contributed by atoms with Crippen LogP contribution in [0.5, 0.6) is 0 Å². The van der Waals surface area contributed by atoms with Gasteiger partial charge in [-0.1, -0.05) is 35.9 Å². The molecule has 19 heavy (non-hydrogen) atoms. The van der Waals surface area contributed by atoms with Crippen LogP contribution in [0.1, 0.15) is 6.42 Å². The molecule has 0 saturated heterocycles. The predicted molar refractivity (Wildman–Crippen MR) is 75.6 cm³/mol. The number of halogens is 1. The van der Waals surface area contributed by atoms with E-state index in [1.165, 1.54) is 0 Å². The third kappa shape index (κ3) is 3.76. The van der Waals surface area contributed by atoms with Crippen LogP contribution >= 0.6 is 11.6 Å². The number of benzene rings is 1. The molecule has 102 valence electrons. The lowest BCUT2D eigenvalue weighted by Crippen LogP contribution is -2.19. The predicted octanol–water partition coefficient (Wildman–Crippen LogP) is 1.37. The van der Waals surface area contributed by atoms with Crippen molar-refractivity contribution in [2.45, 2.75) is 6.42 Å². The Balaban J connectivity index is 2.11. The summed E-state index contributed by atoms with van der Waals surface area (Å²) >= 11 is 5.95. The molecular weight excluding hydrogens is 288 g/mol. The van der Waals surface area contributed by atoms with E-state index in [4.69, 9.17) is 16.7 Å². The second-order valence-electron chi connectivity index (χ2n) is 4.03. The number of rotatable bonds is 5. The molecule has 2 rings (SSSR count). The molecular formula is C11H13ClN4O2S. The molecule has 0 aliphatic heterocycles. The van der Waals surface area contributed by atoms with Gasteiger partial charge in [0.2, 0.25) is 10.0 Å². The molecule has 0 radical (unpaired) electrons. The maximum Gasteiger partial charge on any atom is 0.209 e. The zero-order valence-corrected chi connectivity index (χ0v) is 11.6. The molecule has 0 spiro atoms. The second kappa shape index (κ2) is 5.68. The summed E-state index contributed by atoms with van der Waals surface area (Å²) in [4.78, 5) is 0. The Bertz CT molecular complexity index is 690. The van der Waals surface area contributed by atoms with E-state index in [-0.39, 0.29) is 5.75 Å². The van der Waals surface area contributed by atoms with Gasteiger partial charge in [-0.05, 0) is 6.42 Å². The Morgan fingerprint density at radius 1 is 1.21 bits per heavy atom. The van der Waals surface area contributed by atoms with Gasteiger partial charge in [-0.2, -0.15) is 0 Å². The number of nitrogens with zero attached hydrogens (tertiary/aromatic N) is 2. The number of hydrogen-bond acceptors (Lipinski definition) is 5. The van der Waals surface area contributed by atoms with Gasteiger partial charge in [0, 0.05) is 17.3 Å². The highest BCUT2D eigenvalue weighted by molar-refractivity contribution is 7.89. The Morgan fingerprint density at radius 2 is 1.89 bits per heavy atom. The van der Waals surface area contributed by atoms with Crippen molar-refractivity contribution in [3.63, 3.8) is 0 Å². The molecule has 0 aliphatic rings. The minimum atomic E-state index is -3.42. The molecule has 0 amide bonds. The van der Waals surface area contributed by atoms with Crippen molar-refractivity contribution in [2.75, 3.05) is 17.6 Å². The Kier molecular flexibility index (Phi) is 4.18. The van der Waals surface area contributed by atoms with Gasteiger partial charge in [-0.15, -0.1) is 10.2 Å². The Hall–Kier alpha value is -1.44. The van der Waals surface area contributed by atoms with Crippen molar-refractivity contribution in [1.82, 2.24) is 10.2 Å². The fraction of sp³-hybridized carbons (Fsp3) is 0.273. The topological polar surface area (TPSA) is 98.0 Å². The smallest absolute Gasteiger partial charge is 0.209 e. The van der Waals surface area contributed by atoms with Crippen LogP contribution in [0.25, 0.3) is 10.8 Å². The Morgan fingerprint density at radius 3 is 2.58 bits per heavy atom. The lowest BCUT2D eigenvalue weighted by molar-refractivity contribution is 0.595. The molecule has 2 aromatic rings. The monoisotopic (exact) mass is 300 g/mol. The van der Waals surface area contributed by atoms with Crippen LogP contribution < -0.4 is 10.5 Å². The minimum Gasteiger partial charge on any atom is -0.368 e. The number of anilines is 1. The molecule has 0 unspecified atom stereocenters. The molecule has 1 heterocycles. The van der Waals surface area contributed by atoms with Crippen LogP contribution in [0.4, 0.5) is 5.82 Å². The third-order valence-electron chi connectivity index (χ3n) is 2.54. The minimum absolute atomic E-state index is 0.0705. The summed E-state index contributed by atoms with van der Waals surface area (Å²) in [5.74, 6) is 0.508. The van der Waals surface area contributed by atoms with Gasteiger partial charge in [0.05, 0.1) is 5.75 Å². The van der Waals surface area contributed by atoms with Crippen molar-refractivity contribution >= 4 is 38.2 Å². The van der Waals surface area contributed by atoms with E-state index in [2.05, 4.69) is 15.5 Å². The number of hydrogen-bond donors (Lipinski definition) is 2. The lowest BCUT2D eigenvalue weighted by atomic mass is 10.2. The van der Waals surface area contributed by atoms with Crippen LogP contribution in [0.15, 0.2) is 24.3 Å². The Labute approximate surface area is 116 Å². The fourth-order valence-electron chi connectivity index (χ4n) is 1.68. The first-order valence-electron chi connectivity index (χ1n) is 5.62. The molecule has 0 bridgehead atoms. The van der Waals surface area contributed by atoms with E-state index in [9.17, 15) is 8.42 Å². The summed E-state index contributed by atoms with van der Waals surface area (Å²) in [5, 5.41) is 17.8. The number of nitrogens with one attached hydrogen (secondary N) is 1. The van der Waals surface area contributed by atoms with Gasteiger partial charge in [0.25, 0.3) is 0 Å². The van der Waals surface area contributed by atoms with E-state index in [1.807, 2.05) is 24.3 Å². The highest BCUT2D eigenvalue weighted by atomic mass is 35.5. The van der Waals surface area contributed by atoms with Crippen LogP contribution in [0, 0.1) is 0 Å². The van der Waals surface area contributed by atoms with Gasteiger partial charge in [-0.3, -0.25) is 0 Å². The van der Waals surface area contributed by atoms with E-state index in [0.717, 1.165) is 10.8 Å². The van der Waals surface area contributed by atoms with E-state index in [0.29, 0.717) is 23.9 Å². The van der Waals surface area contributed by atoms with Crippen LogP contribution in [0.2, 0.25) is 5.15 Å². The second-order valence-corrected chi connectivity index (χ2v) is 6.12. The zero-order chi connectivity index (χ0) is 13.9. The van der Waals surface area contributed by atoms with E-state index in [1.54, 1.807) is 0 Å². The largest absolute Gasteiger partial charge is 0.368 e. The van der Waals surface area contributed by atoms with Gasteiger partial charge >= 0.3 is 0 Å². The molecule has 0 saturated carbocycles. The standard InChI is InChI=1S/C11H13ClN4O2S/c12-10-8-4-1-2-5-9(8)11(16-15-10)14-6-3-7-19(13,17)18/h1-2,4-5H,3,6-7H2,(H,14,16)(H2,13,17,18). The quantitative estimate of drug-likeness (QED) is 0.813. The molecule has 6 nitrogen and oxygen atoms in total. The molecule has 3 N–H and O–H groups in total. The zero-order valence-electron chi connectivity index (χ0n) is 10.0. The molecule has 1 aromatic heterocycles. The van der Waals surface area contributed by atoms with Crippen molar-refractivity contribution in [2.24, 2.45) is 5.14 Å². The van der Waals surface area contributed by atoms with E-state index < -0.39 is 10.0 Å². The summed E-state index contributed by atoms with van der Waals surface area (Å²) < 4.78 is 21.6. The van der Waals surface area contributed by atoms with Crippen molar-refractivity contribution in [3.05, 3.63) is 29.4 Å². The normalized spacial score (nSPS) is 11.7. The van der Waals surface area contributed by atoms with Crippen LogP contribution in [0.3, 0.4) is 0 Å². The molecule has 0 fully saturated rings. The summed E-state index contributed by atoms with van der Waals surface area (Å²) in [7, 11) is -3.42. The third-order valence-corrected chi connectivity index (χ3v) is 3.68. The first-order valence-corrected chi connectivity index (χ1v) is 7.72. The number of nitrogens with two attached hydrogens (primary N) is 1. The van der Waals surface area contributed by atoms with Gasteiger partial charge in [0.15, 0.2) is 11.0 Å². The first kappa shape index (κ1) is 14.0. The van der Waals surface area contributed by atoms with Crippen molar-refractivity contribution in [1.29, 1.82) is 0 Å². The number of sulfonamides is 1. The summed E-state index contributed by atoms with van der Waals surface area (Å²) in [6.45, 7) is 0.441. The summed E-state index contributed by atoms with van der Waals surface area (Å²) in [6.07, 6.45) is 0.400.